The zero-order chi connectivity index (χ0) is 21.0. The Kier molecular flexibility index (Phi) is 7.19. The van der Waals surface area contributed by atoms with E-state index in [-0.39, 0.29) is 17.3 Å². The molecule has 1 aromatic rings. The van der Waals surface area contributed by atoms with Crippen LogP contribution in [-0.2, 0) is 14.8 Å². The van der Waals surface area contributed by atoms with E-state index in [1.54, 1.807) is 16.4 Å². The van der Waals surface area contributed by atoms with Crippen molar-refractivity contribution in [2.75, 3.05) is 39.1 Å². The highest BCUT2D eigenvalue weighted by Crippen LogP contribution is 2.34. The van der Waals surface area contributed by atoms with Gasteiger partial charge >= 0.3 is 0 Å². The summed E-state index contributed by atoms with van der Waals surface area (Å²) in [6.07, 6.45) is 6.31. The van der Waals surface area contributed by atoms with Gasteiger partial charge in [0.05, 0.1) is 24.2 Å². The number of hydrogen-bond donors (Lipinski definition) is 1. The van der Waals surface area contributed by atoms with Gasteiger partial charge in [0.2, 0.25) is 15.9 Å². The van der Waals surface area contributed by atoms with E-state index in [0.717, 1.165) is 25.7 Å². The maximum Gasteiger partial charge on any atom is 0.243 e. The Bertz CT molecular complexity index is 815. The van der Waals surface area contributed by atoms with Crippen LogP contribution < -0.4 is 10.1 Å². The Hall–Kier alpha value is -1.64. The number of hydrogen-bond acceptors (Lipinski definition) is 5. The molecule has 1 aliphatic carbocycles. The van der Waals surface area contributed by atoms with Crippen LogP contribution in [0.5, 0.6) is 5.75 Å². The van der Waals surface area contributed by atoms with Gasteiger partial charge in [0.15, 0.2) is 0 Å². The molecule has 29 heavy (non-hydrogen) atoms. The molecule has 1 saturated heterocycles. The second kappa shape index (κ2) is 9.45. The minimum absolute atomic E-state index is 0.178. The smallest absolute Gasteiger partial charge is 0.243 e. The molecule has 1 saturated carbocycles. The van der Waals surface area contributed by atoms with Crippen molar-refractivity contribution >= 4 is 21.6 Å². The minimum Gasteiger partial charge on any atom is -0.495 e. The standard InChI is InChI=1S/C21H33N3O4S/c1-16(17-8-9-17)23(2)15-21(25)22-19-14-18(10-11-20(19)28-3)29(26,27)24-12-6-4-5-7-13-24/h10-11,14,16-17H,4-9,12-13,15H2,1-3H3,(H,22,25)/t16-/m1/s1. The normalized spacial score (nSPS) is 19.6. The van der Waals surface area contributed by atoms with Crippen LogP contribution in [0, 0.1) is 5.92 Å². The van der Waals surface area contributed by atoms with Gasteiger partial charge < -0.3 is 10.1 Å². The summed E-state index contributed by atoms with van der Waals surface area (Å²) in [5.74, 6) is 0.943. The van der Waals surface area contributed by atoms with Crippen LogP contribution in [0.25, 0.3) is 0 Å². The molecule has 3 rings (SSSR count). The number of carbonyl (C=O) groups is 1. The van der Waals surface area contributed by atoms with Gasteiger partial charge in [0, 0.05) is 19.1 Å². The average Bonchev–Trinajstić information content (AvgIpc) is 3.53. The number of nitrogens with one attached hydrogen (secondary N) is 1. The number of rotatable bonds is 8. The highest BCUT2D eigenvalue weighted by molar-refractivity contribution is 7.89. The average molecular weight is 424 g/mol. The summed E-state index contributed by atoms with van der Waals surface area (Å²) in [5.41, 5.74) is 0.390. The van der Waals surface area contributed by atoms with Crippen LogP contribution in [0.3, 0.4) is 0 Å². The molecule has 7 nitrogen and oxygen atoms in total. The van der Waals surface area contributed by atoms with Crippen LogP contribution >= 0.6 is 0 Å². The lowest BCUT2D eigenvalue weighted by atomic mass is 10.2. The van der Waals surface area contributed by atoms with Gasteiger partial charge in [-0.3, -0.25) is 9.69 Å². The van der Waals surface area contributed by atoms with Gasteiger partial charge in [-0.1, -0.05) is 12.8 Å². The Labute approximate surface area is 174 Å². The first-order valence-electron chi connectivity index (χ1n) is 10.5. The molecular weight excluding hydrogens is 390 g/mol. The van der Waals surface area contributed by atoms with Crippen molar-refractivity contribution in [1.29, 1.82) is 0 Å². The summed E-state index contributed by atoms with van der Waals surface area (Å²) >= 11 is 0. The number of carbonyl (C=O) groups excluding carboxylic acids is 1. The van der Waals surface area contributed by atoms with Crippen molar-refractivity contribution in [3.05, 3.63) is 18.2 Å². The molecule has 1 amide bonds. The maximum atomic E-state index is 13.1. The van der Waals surface area contributed by atoms with E-state index in [2.05, 4.69) is 12.2 Å². The van der Waals surface area contributed by atoms with Gasteiger partial charge in [0.25, 0.3) is 0 Å². The van der Waals surface area contributed by atoms with Crippen molar-refractivity contribution in [2.24, 2.45) is 5.92 Å². The van der Waals surface area contributed by atoms with Crippen molar-refractivity contribution in [2.45, 2.75) is 56.4 Å². The molecule has 1 aliphatic heterocycles. The van der Waals surface area contributed by atoms with Crippen LogP contribution in [0.15, 0.2) is 23.1 Å². The highest BCUT2D eigenvalue weighted by Gasteiger charge is 2.31. The second-order valence-electron chi connectivity index (χ2n) is 8.22. The molecule has 0 aromatic heterocycles. The molecule has 0 radical (unpaired) electrons. The molecular formula is C21H33N3O4S. The van der Waals surface area contributed by atoms with Crippen LogP contribution in [0.2, 0.25) is 0 Å². The van der Waals surface area contributed by atoms with Crippen molar-refractivity contribution in [3.63, 3.8) is 0 Å². The zero-order valence-electron chi connectivity index (χ0n) is 17.7. The molecule has 1 N–H and O–H groups in total. The number of ether oxygens (including phenoxy) is 1. The predicted octanol–water partition coefficient (Wildman–Crippen LogP) is 2.93. The molecule has 2 aliphatic rings. The maximum absolute atomic E-state index is 13.1. The lowest BCUT2D eigenvalue weighted by molar-refractivity contribution is -0.117. The fourth-order valence-corrected chi connectivity index (χ4v) is 5.42. The molecule has 0 unspecified atom stereocenters. The van der Waals surface area contributed by atoms with E-state index in [1.807, 2.05) is 11.9 Å². The first-order chi connectivity index (χ1) is 13.8. The van der Waals surface area contributed by atoms with Gasteiger partial charge in [-0.2, -0.15) is 4.31 Å². The number of amides is 1. The van der Waals surface area contributed by atoms with Gasteiger partial charge in [-0.15, -0.1) is 0 Å². The van der Waals surface area contributed by atoms with Gasteiger partial charge in [-0.25, -0.2) is 8.42 Å². The first kappa shape index (κ1) is 22.1. The van der Waals surface area contributed by atoms with Crippen molar-refractivity contribution in [3.8, 4) is 5.75 Å². The lowest BCUT2D eigenvalue weighted by Gasteiger charge is -2.24. The van der Waals surface area contributed by atoms with Gasteiger partial charge in [-0.05, 0) is 63.8 Å². The lowest BCUT2D eigenvalue weighted by Crippen LogP contribution is -2.37. The van der Waals surface area contributed by atoms with Gasteiger partial charge in [0.1, 0.15) is 5.75 Å². The molecule has 162 valence electrons. The summed E-state index contributed by atoms with van der Waals surface area (Å²) in [6.45, 7) is 3.48. The van der Waals surface area contributed by atoms with E-state index < -0.39 is 10.0 Å². The summed E-state index contributed by atoms with van der Waals surface area (Å²) < 4.78 is 33.1. The number of nitrogens with zero attached hydrogens (tertiary/aromatic N) is 2. The van der Waals surface area contributed by atoms with Crippen LogP contribution in [0.4, 0.5) is 5.69 Å². The van der Waals surface area contributed by atoms with E-state index in [1.165, 1.54) is 26.0 Å². The highest BCUT2D eigenvalue weighted by atomic mass is 32.2. The number of sulfonamides is 1. The van der Waals surface area contributed by atoms with Crippen molar-refractivity contribution in [1.82, 2.24) is 9.21 Å². The zero-order valence-corrected chi connectivity index (χ0v) is 18.5. The molecule has 8 heteroatoms. The molecule has 1 heterocycles. The fraction of sp³-hybridized carbons (Fsp3) is 0.667. The predicted molar refractivity (Wildman–Crippen MR) is 114 cm³/mol. The largest absolute Gasteiger partial charge is 0.495 e. The van der Waals surface area contributed by atoms with Crippen LogP contribution in [0.1, 0.15) is 45.4 Å². The number of methoxy groups -OCH3 is 1. The van der Waals surface area contributed by atoms with E-state index >= 15 is 0 Å². The topological polar surface area (TPSA) is 79.0 Å². The van der Waals surface area contributed by atoms with Crippen molar-refractivity contribution < 1.29 is 17.9 Å². The quantitative estimate of drug-likeness (QED) is 0.696. The summed E-state index contributed by atoms with van der Waals surface area (Å²) in [6, 6.07) is 5.03. The molecule has 0 spiro atoms. The summed E-state index contributed by atoms with van der Waals surface area (Å²) in [4.78, 5) is 14.8. The summed E-state index contributed by atoms with van der Waals surface area (Å²) in [7, 11) is -0.138. The monoisotopic (exact) mass is 423 g/mol. The Morgan fingerprint density at radius 2 is 1.90 bits per heavy atom. The number of anilines is 1. The molecule has 1 aromatic carbocycles. The molecule has 0 bridgehead atoms. The number of benzene rings is 1. The van der Waals surface area contributed by atoms with Crippen LogP contribution in [-0.4, -0.2) is 63.4 Å². The van der Waals surface area contributed by atoms with E-state index in [0.29, 0.717) is 36.5 Å². The fourth-order valence-electron chi connectivity index (χ4n) is 3.88. The number of likely N-dealkylation sites (N-methyl/N-ethyl adjacent to an activating group) is 1. The third-order valence-corrected chi connectivity index (χ3v) is 7.93. The molecule has 1 atom stereocenters. The van der Waals surface area contributed by atoms with E-state index in [9.17, 15) is 13.2 Å². The minimum atomic E-state index is -3.59. The third kappa shape index (κ3) is 5.49. The Balaban J connectivity index is 1.74. The second-order valence-corrected chi connectivity index (χ2v) is 10.2. The Morgan fingerprint density at radius 3 is 2.48 bits per heavy atom. The third-order valence-electron chi connectivity index (χ3n) is 6.04. The first-order valence-corrected chi connectivity index (χ1v) is 11.9. The molecule has 2 fully saturated rings. The van der Waals surface area contributed by atoms with E-state index in [4.69, 9.17) is 4.74 Å². The SMILES string of the molecule is COc1ccc(S(=O)(=O)N2CCCCCC2)cc1NC(=O)CN(C)[C@H](C)C1CC1. The summed E-state index contributed by atoms with van der Waals surface area (Å²) in [5, 5.41) is 2.85. The Morgan fingerprint density at radius 1 is 1.24 bits per heavy atom.